The molecule has 2 aromatic carbocycles. The minimum absolute atomic E-state index is 0.00845. The van der Waals surface area contributed by atoms with E-state index in [1.807, 2.05) is 12.1 Å². The van der Waals surface area contributed by atoms with E-state index in [1.54, 1.807) is 14.2 Å². The number of fused-ring (bicyclic) bond motifs is 1. The van der Waals surface area contributed by atoms with Gasteiger partial charge < -0.3 is 43.7 Å². The molecular weight excluding hydrogens is 536 g/mol. The number of aliphatic hydroxyl groups is 1. The van der Waals surface area contributed by atoms with E-state index in [0.717, 1.165) is 73.7 Å². The summed E-state index contributed by atoms with van der Waals surface area (Å²) in [7, 11) is 3.44. The van der Waals surface area contributed by atoms with Crippen LogP contribution >= 0.6 is 0 Å². The summed E-state index contributed by atoms with van der Waals surface area (Å²) >= 11 is 0. The summed E-state index contributed by atoms with van der Waals surface area (Å²) in [5.74, 6) is 1.76. The molecule has 0 aliphatic carbocycles. The molecule has 0 aromatic heterocycles. The van der Waals surface area contributed by atoms with E-state index in [2.05, 4.69) is 47.5 Å². The predicted octanol–water partition coefficient (Wildman–Crippen LogP) is 4.16. The van der Waals surface area contributed by atoms with Crippen molar-refractivity contribution >= 4 is 5.69 Å². The van der Waals surface area contributed by atoms with Gasteiger partial charge in [0, 0.05) is 59.4 Å². The van der Waals surface area contributed by atoms with Crippen LogP contribution in [0.15, 0.2) is 42.5 Å². The standard InChI is InChI=1S/C33H50N2O7/c1-4-7-27(36)24-42-32-22-34-21-31(33(32)26-9-11-28(12-10-26)39-18-6-17-38-3)41-23-25-8-13-30-29(20-25)35(15-19-40-30)14-5-16-37-2/h8-13,20,27,31-34,36H,4-7,14-19,21-24H2,1-3H3/t27-,31+,32-,33?/m1/s1. The molecule has 0 saturated carbocycles. The average Bonchev–Trinajstić information content (AvgIpc) is 3.02. The molecule has 0 radical (unpaired) electrons. The first-order valence-corrected chi connectivity index (χ1v) is 15.5. The molecule has 2 aliphatic rings. The summed E-state index contributed by atoms with van der Waals surface area (Å²) in [4.78, 5) is 2.37. The largest absolute Gasteiger partial charge is 0.494 e. The van der Waals surface area contributed by atoms with Gasteiger partial charge in [-0.1, -0.05) is 31.5 Å². The number of piperidine rings is 1. The number of hydrogen-bond donors (Lipinski definition) is 2. The smallest absolute Gasteiger partial charge is 0.142 e. The molecule has 1 unspecified atom stereocenters. The molecule has 4 rings (SSSR count). The lowest BCUT2D eigenvalue weighted by atomic mass is 9.85. The number of methoxy groups -OCH3 is 2. The molecule has 0 amide bonds. The van der Waals surface area contributed by atoms with Crippen molar-refractivity contribution in [2.45, 2.75) is 63.4 Å². The Hall–Kier alpha value is -2.40. The Balaban J connectivity index is 1.46. The van der Waals surface area contributed by atoms with E-state index >= 15 is 0 Å². The highest BCUT2D eigenvalue weighted by atomic mass is 16.5. The highest BCUT2D eigenvalue weighted by Gasteiger charge is 2.36. The number of anilines is 1. The van der Waals surface area contributed by atoms with Crippen LogP contribution in [0.1, 0.15) is 49.7 Å². The Bertz CT molecular complexity index is 1040. The van der Waals surface area contributed by atoms with E-state index < -0.39 is 6.10 Å². The molecule has 0 bridgehead atoms. The first-order chi connectivity index (χ1) is 20.6. The monoisotopic (exact) mass is 586 g/mol. The van der Waals surface area contributed by atoms with Crippen LogP contribution in [-0.4, -0.2) is 96.9 Å². The molecule has 9 heteroatoms. The van der Waals surface area contributed by atoms with Crippen molar-refractivity contribution in [2.75, 3.05) is 78.3 Å². The van der Waals surface area contributed by atoms with Crippen LogP contribution < -0.4 is 19.7 Å². The summed E-state index contributed by atoms with van der Waals surface area (Å²) in [5, 5.41) is 13.9. The predicted molar refractivity (Wildman–Crippen MR) is 164 cm³/mol. The van der Waals surface area contributed by atoms with Gasteiger partial charge in [-0.25, -0.2) is 0 Å². The zero-order valence-corrected chi connectivity index (χ0v) is 25.6. The van der Waals surface area contributed by atoms with Gasteiger partial charge in [0.2, 0.25) is 0 Å². The third kappa shape index (κ3) is 9.56. The molecule has 0 spiro atoms. The van der Waals surface area contributed by atoms with Crippen molar-refractivity contribution in [1.82, 2.24) is 5.32 Å². The summed E-state index contributed by atoms with van der Waals surface area (Å²) in [6, 6.07) is 14.6. The summed E-state index contributed by atoms with van der Waals surface area (Å²) in [6.07, 6.45) is 2.76. The summed E-state index contributed by atoms with van der Waals surface area (Å²) < 4.78 is 35.2. The molecule has 2 heterocycles. The summed E-state index contributed by atoms with van der Waals surface area (Å²) in [5.41, 5.74) is 3.36. The van der Waals surface area contributed by atoms with E-state index in [1.165, 1.54) is 0 Å². The molecule has 234 valence electrons. The SMILES string of the molecule is CCC[C@@H](O)CO[C@@H]1CNC[C@H](OCc2ccc3c(c2)N(CCCOC)CCO3)C1c1ccc(OCCCOC)cc1. The van der Waals surface area contributed by atoms with Gasteiger partial charge in [0.1, 0.15) is 18.1 Å². The van der Waals surface area contributed by atoms with Crippen LogP contribution in [0, 0.1) is 0 Å². The first-order valence-electron chi connectivity index (χ1n) is 15.5. The quantitative estimate of drug-likeness (QED) is 0.250. The van der Waals surface area contributed by atoms with Gasteiger partial charge in [0.15, 0.2) is 0 Å². The Kier molecular flexibility index (Phi) is 13.7. The van der Waals surface area contributed by atoms with Gasteiger partial charge in [0.25, 0.3) is 0 Å². The third-order valence-corrected chi connectivity index (χ3v) is 7.87. The Labute approximate surface area is 251 Å². The number of rotatable bonds is 18. The second-order valence-corrected chi connectivity index (χ2v) is 11.1. The normalized spacial score (nSPS) is 21.0. The molecule has 42 heavy (non-hydrogen) atoms. The van der Waals surface area contributed by atoms with Crippen molar-refractivity contribution in [1.29, 1.82) is 0 Å². The number of nitrogens with zero attached hydrogens (tertiary/aromatic N) is 1. The minimum atomic E-state index is -0.468. The van der Waals surface area contributed by atoms with Crippen LogP contribution in [-0.2, 0) is 25.6 Å². The van der Waals surface area contributed by atoms with E-state index in [4.69, 9.17) is 28.4 Å². The zero-order valence-electron chi connectivity index (χ0n) is 25.6. The minimum Gasteiger partial charge on any atom is -0.494 e. The lowest BCUT2D eigenvalue weighted by Crippen LogP contribution is -2.51. The van der Waals surface area contributed by atoms with Crippen LogP contribution in [0.3, 0.4) is 0 Å². The van der Waals surface area contributed by atoms with Crippen molar-refractivity contribution in [3.05, 3.63) is 53.6 Å². The molecule has 2 aliphatic heterocycles. The van der Waals surface area contributed by atoms with Crippen LogP contribution in [0.4, 0.5) is 5.69 Å². The third-order valence-electron chi connectivity index (χ3n) is 7.87. The van der Waals surface area contributed by atoms with E-state index in [0.29, 0.717) is 46.1 Å². The molecule has 1 fully saturated rings. The number of benzene rings is 2. The Morgan fingerprint density at radius 1 is 0.976 bits per heavy atom. The van der Waals surface area contributed by atoms with Crippen molar-refractivity contribution in [3.8, 4) is 11.5 Å². The maximum atomic E-state index is 10.4. The second kappa shape index (κ2) is 17.7. The van der Waals surface area contributed by atoms with E-state index in [-0.39, 0.29) is 18.1 Å². The van der Waals surface area contributed by atoms with Gasteiger partial charge in [-0.3, -0.25) is 0 Å². The highest BCUT2D eigenvalue weighted by molar-refractivity contribution is 5.61. The van der Waals surface area contributed by atoms with Crippen molar-refractivity contribution in [2.24, 2.45) is 0 Å². The number of ether oxygens (including phenoxy) is 6. The molecule has 2 aromatic rings. The number of aliphatic hydroxyl groups excluding tert-OH is 1. The number of hydrogen-bond acceptors (Lipinski definition) is 9. The zero-order chi connectivity index (χ0) is 29.6. The number of nitrogens with one attached hydrogen (secondary N) is 1. The second-order valence-electron chi connectivity index (χ2n) is 11.1. The first kappa shape index (κ1) is 32.5. The van der Waals surface area contributed by atoms with Crippen LogP contribution in [0.2, 0.25) is 0 Å². The maximum absolute atomic E-state index is 10.4. The van der Waals surface area contributed by atoms with Gasteiger partial charge >= 0.3 is 0 Å². The van der Waals surface area contributed by atoms with Crippen molar-refractivity contribution < 1.29 is 33.5 Å². The molecular formula is C33H50N2O7. The topological polar surface area (TPSA) is 90.9 Å². The lowest BCUT2D eigenvalue weighted by Gasteiger charge is -2.39. The Morgan fingerprint density at radius 2 is 1.74 bits per heavy atom. The van der Waals surface area contributed by atoms with Crippen LogP contribution in [0.5, 0.6) is 11.5 Å². The Morgan fingerprint density at radius 3 is 2.50 bits per heavy atom. The van der Waals surface area contributed by atoms with Crippen molar-refractivity contribution in [3.63, 3.8) is 0 Å². The fraction of sp³-hybridized carbons (Fsp3) is 0.636. The van der Waals surface area contributed by atoms with Gasteiger partial charge in [-0.2, -0.15) is 0 Å². The molecule has 9 nitrogen and oxygen atoms in total. The fourth-order valence-corrected chi connectivity index (χ4v) is 5.69. The van der Waals surface area contributed by atoms with E-state index in [9.17, 15) is 5.11 Å². The summed E-state index contributed by atoms with van der Waals surface area (Å²) in [6.45, 7) is 8.80. The molecule has 1 saturated heterocycles. The molecule has 2 N–H and O–H groups in total. The molecule has 4 atom stereocenters. The van der Waals surface area contributed by atoms with Crippen LogP contribution in [0.25, 0.3) is 0 Å². The van der Waals surface area contributed by atoms with Gasteiger partial charge in [-0.05, 0) is 48.2 Å². The maximum Gasteiger partial charge on any atom is 0.142 e. The lowest BCUT2D eigenvalue weighted by molar-refractivity contribution is -0.0783. The average molecular weight is 587 g/mol. The van der Waals surface area contributed by atoms with Gasteiger partial charge in [0.05, 0.1) is 50.4 Å². The highest BCUT2D eigenvalue weighted by Crippen LogP contribution is 2.35. The fourth-order valence-electron chi connectivity index (χ4n) is 5.69. The van der Waals surface area contributed by atoms with Gasteiger partial charge in [-0.15, -0.1) is 0 Å².